The molecule has 3 heterocycles. The zero-order chi connectivity index (χ0) is 19.5. The lowest BCUT2D eigenvalue weighted by molar-refractivity contribution is -0.133. The largest absolute Gasteiger partial charge is 0.346 e. The van der Waals surface area contributed by atoms with Crippen molar-refractivity contribution in [3.05, 3.63) is 47.6 Å². The Morgan fingerprint density at radius 2 is 1.96 bits per heavy atom. The van der Waals surface area contributed by atoms with E-state index >= 15 is 0 Å². The van der Waals surface area contributed by atoms with Gasteiger partial charge in [0.2, 0.25) is 5.91 Å². The number of likely N-dealkylation sites (tertiary alicyclic amines) is 1. The van der Waals surface area contributed by atoms with Crippen LogP contribution in [0.3, 0.4) is 0 Å². The van der Waals surface area contributed by atoms with E-state index in [1.165, 1.54) is 6.33 Å². The zero-order valence-corrected chi connectivity index (χ0v) is 16.0. The predicted molar refractivity (Wildman–Crippen MR) is 101 cm³/mol. The molecule has 0 spiro atoms. The minimum Gasteiger partial charge on any atom is -0.346 e. The summed E-state index contributed by atoms with van der Waals surface area (Å²) in [5.41, 5.74) is 2.03. The van der Waals surface area contributed by atoms with E-state index in [4.69, 9.17) is 0 Å². The SMILES string of the molecule is Cc1ncc(C(=O)NCc2ccncn2)c(C2CCN(C(=O)C3CC3)CC2)n1. The molecular weight excluding hydrogens is 356 g/mol. The highest BCUT2D eigenvalue weighted by Crippen LogP contribution is 2.34. The van der Waals surface area contributed by atoms with Gasteiger partial charge in [0.15, 0.2) is 0 Å². The lowest BCUT2D eigenvalue weighted by Gasteiger charge is -2.32. The Labute approximate surface area is 163 Å². The van der Waals surface area contributed by atoms with Gasteiger partial charge in [-0.15, -0.1) is 0 Å². The number of carbonyl (C=O) groups excluding carboxylic acids is 2. The van der Waals surface area contributed by atoms with Crippen molar-refractivity contribution in [2.75, 3.05) is 13.1 Å². The summed E-state index contributed by atoms with van der Waals surface area (Å²) in [6.45, 7) is 3.61. The normalized spacial score (nSPS) is 17.4. The molecule has 28 heavy (non-hydrogen) atoms. The third-order valence-electron chi connectivity index (χ3n) is 5.38. The van der Waals surface area contributed by atoms with Crippen molar-refractivity contribution < 1.29 is 9.59 Å². The quantitative estimate of drug-likeness (QED) is 0.846. The first-order valence-electron chi connectivity index (χ1n) is 9.77. The number of carbonyl (C=O) groups is 2. The predicted octanol–water partition coefficient (Wildman–Crippen LogP) is 1.62. The second-order valence-corrected chi connectivity index (χ2v) is 7.47. The lowest BCUT2D eigenvalue weighted by atomic mass is 9.90. The number of amides is 2. The van der Waals surface area contributed by atoms with E-state index in [1.807, 2.05) is 11.8 Å². The highest BCUT2D eigenvalue weighted by molar-refractivity contribution is 5.95. The summed E-state index contributed by atoms with van der Waals surface area (Å²) >= 11 is 0. The van der Waals surface area contributed by atoms with Crippen molar-refractivity contribution in [2.45, 2.75) is 45.1 Å². The number of piperidine rings is 1. The van der Waals surface area contributed by atoms with Gasteiger partial charge in [-0.05, 0) is 38.7 Å². The molecule has 2 aliphatic rings. The van der Waals surface area contributed by atoms with Gasteiger partial charge in [0, 0.05) is 37.3 Å². The van der Waals surface area contributed by atoms with Crippen LogP contribution in [0.1, 0.15) is 59.2 Å². The third-order valence-corrected chi connectivity index (χ3v) is 5.38. The monoisotopic (exact) mass is 380 g/mol. The van der Waals surface area contributed by atoms with Crippen LogP contribution in [0.4, 0.5) is 0 Å². The van der Waals surface area contributed by atoms with E-state index in [9.17, 15) is 9.59 Å². The van der Waals surface area contributed by atoms with Crippen LogP contribution in [0.5, 0.6) is 0 Å². The first kappa shape index (κ1) is 18.5. The van der Waals surface area contributed by atoms with Crippen LogP contribution < -0.4 is 5.32 Å². The fourth-order valence-electron chi connectivity index (χ4n) is 3.62. The fourth-order valence-corrected chi connectivity index (χ4v) is 3.62. The molecule has 0 unspecified atom stereocenters. The molecule has 8 nitrogen and oxygen atoms in total. The standard InChI is InChI=1S/C20H24N6O2/c1-13-22-11-17(19(27)23-10-16-4-7-21-12-24-16)18(25-13)14-5-8-26(9-6-14)20(28)15-2-3-15/h4,7,11-12,14-15H,2-3,5-6,8-10H2,1H3,(H,23,27). The second kappa shape index (κ2) is 8.00. The number of nitrogens with zero attached hydrogens (tertiary/aromatic N) is 5. The van der Waals surface area contributed by atoms with E-state index in [-0.39, 0.29) is 17.7 Å². The van der Waals surface area contributed by atoms with Gasteiger partial charge in [-0.2, -0.15) is 0 Å². The van der Waals surface area contributed by atoms with Gasteiger partial charge in [0.1, 0.15) is 12.2 Å². The topological polar surface area (TPSA) is 101 Å². The molecule has 1 saturated carbocycles. The van der Waals surface area contributed by atoms with Crippen molar-refractivity contribution in [2.24, 2.45) is 5.92 Å². The van der Waals surface area contributed by atoms with Gasteiger partial charge >= 0.3 is 0 Å². The third kappa shape index (κ3) is 4.16. The van der Waals surface area contributed by atoms with E-state index < -0.39 is 0 Å². The Morgan fingerprint density at radius 1 is 1.18 bits per heavy atom. The highest BCUT2D eigenvalue weighted by Gasteiger charge is 2.35. The van der Waals surface area contributed by atoms with Gasteiger partial charge in [-0.3, -0.25) is 9.59 Å². The van der Waals surface area contributed by atoms with Crippen LogP contribution in [-0.2, 0) is 11.3 Å². The second-order valence-electron chi connectivity index (χ2n) is 7.47. The number of hydrogen-bond donors (Lipinski definition) is 1. The van der Waals surface area contributed by atoms with Crippen molar-refractivity contribution >= 4 is 11.8 Å². The molecule has 1 aliphatic heterocycles. The number of aromatic nitrogens is 4. The van der Waals surface area contributed by atoms with Crippen LogP contribution in [0.15, 0.2) is 24.8 Å². The minimum atomic E-state index is -0.204. The van der Waals surface area contributed by atoms with Crippen molar-refractivity contribution in [3.8, 4) is 0 Å². The Morgan fingerprint density at radius 3 is 2.64 bits per heavy atom. The van der Waals surface area contributed by atoms with Gasteiger partial charge < -0.3 is 10.2 Å². The molecule has 2 aromatic rings. The molecule has 1 N–H and O–H groups in total. The summed E-state index contributed by atoms with van der Waals surface area (Å²) in [5, 5.41) is 2.89. The molecule has 146 valence electrons. The van der Waals surface area contributed by atoms with Crippen LogP contribution in [0.25, 0.3) is 0 Å². The molecular formula is C20H24N6O2. The maximum atomic E-state index is 12.8. The minimum absolute atomic E-state index is 0.157. The average molecular weight is 380 g/mol. The smallest absolute Gasteiger partial charge is 0.255 e. The molecule has 4 rings (SSSR count). The summed E-state index contributed by atoms with van der Waals surface area (Å²) in [5.74, 6) is 1.15. The van der Waals surface area contributed by atoms with Crippen molar-refractivity contribution in [1.82, 2.24) is 30.2 Å². The van der Waals surface area contributed by atoms with Crippen LogP contribution in [0, 0.1) is 12.8 Å². The Kier molecular flexibility index (Phi) is 5.27. The fraction of sp³-hybridized carbons (Fsp3) is 0.500. The molecule has 2 amide bonds. The lowest BCUT2D eigenvalue weighted by Crippen LogP contribution is -2.39. The van der Waals surface area contributed by atoms with Gasteiger partial charge in [-0.25, -0.2) is 19.9 Å². The van der Waals surface area contributed by atoms with E-state index in [0.29, 0.717) is 23.8 Å². The van der Waals surface area contributed by atoms with E-state index in [0.717, 1.165) is 50.2 Å². The summed E-state index contributed by atoms with van der Waals surface area (Å²) in [4.78, 5) is 43.8. The zero-order valence-electron chi connectivity index (χ0n) is 16.0. The average Bonchev–Trinajstić information content (AvgIpc) is 3.58. The van der Waals surface area contributed by atoms with Gasteiger partial charge in [-0.1, -0.05) is 0 Å². The summed E-state index contributed by atoms with van der Waals surface area (Å²) < 4.78 is 0. The molecule has 0 bridgehead atoms. The molecule has 0 atom stereocenters. The van der Waals surface area contributed by atoms with Crippen molar-refractivity contribution in [1.29, 1.82) is 0 Å². The molecule has 0 aromatic carbocycles. The molecule has 1 aliphatic carbocycles. The number of hydrogen-bond acceptors (Lipinski definition) is 6. The number of nitrogens with one attached hydrogen (secondary N) is 1. The maximum Gasteiger partial charge on any atom is 0.255 e. The van der Waals surface area contributed by atoms with Crippen LogP contribution >= 0.6 is 0 Å². The highest BCUT2D eigenvalue weighted by atomic mass is 16.2. The first-order valence-corrected chi connectivity index (χ1v) is 9.77. The van der Waals surface area contributed by atoms with Gasteiger partial charge in [0.05, 0.1) is 23.5 Å². The summed E-state index contributed by atoms with van der Waals surface area (Å²) in [6, 6.07) is 1.76. The van der Waals surface area contributed by atoms with Gasteiger partial charge in [0.25, 0.3) is 5.91 Å². The molecule has 2 aromatic heterocycles. The van der Waals surface area contributed by atoms with E-state index in [1.54, 1.807) is 18.5 Å². The maximum absolute atomic E-state index is 12.8. The molecule has 8 heteroatoms. The Balaban J connectivity index is 1.44. The summed E-state index contributed by atoms with van der Waals surface area (Å²) in [7, 11) is 0. The molecule has 2 fully saturated rings. The molecule has 0 radical (unpaired) electrons. The summed E-state index contributed by atoms with van der Waals surface area (Å²) in [6.07, 6.45) is 8.40. The van der Waals surface area contributed by atoms with Crippen LogP contribution in [-0.4, -0.2) is 49.7 Å². The Bertz CT molecular complexity index is 860. The van der Waals surface area contributed by atoms with E-state index in [2.05, 4.69) is 25.3 Å². The van der Waals surface area contributed by atoms with Crippen LogP contribution in [0.2, 0.25) is 0 Å². The first-order chi connectivity index (χ1) is 13.6. The number of rotatable bonds is 5. The van der Waals surface area contributed by atoms with Crippen molar-refractivity contribution in [3.63, 3.8) is 0 Å². The molecule has 1 saturated heterocycles. The number of aryl methyl sites for hydroxylation is 1. The Hall–Kier alpha value is -2.90.